The van der Waals surface area contributed by atoms with Crippen molar-refractivity contribution >= 4 is 11.7 Å². The lowest BCUT2D eigenvalue weighted by molar-refractivity contribution is 0.0813. The number of carbonyl (C=O) groups is 1. The number of aliphatic hydroxyl groups is 1. The van der Waals surface area contributed by atoms with Crippen molar-refractivity contribution in [3.8, 4) is 0 Å². The molecule has 0 saturated carbocycles. The normalized spacial score (nSPS) is 22.1. The third kappa shape index (κ3) is 3.26. The van der Waals surface area contributed by atoms with Crippen LogP contribution in [0.3, 0.4) is 0 Å². The third-order valence-corrected chi connectivity index (χ3v) is 3.43. The van der Waals surface area contributed by atoms with Gasteiger partial charge in [-0.25, -0.2) is 9.18 Å². The molecule has 5 nitrogen and oxygen atoms in total. The molecule has 0 aliphatic carbocycles. The van der Waals surface area contributed by atoms with E-state index in [-0.39, 0.29) is 19.0 Å². The fraction of sp³-hybridized carbons (Fsp3) is 0.500. The van der Waals surface area contributed by atoms with Gasteiger partial charge in [0.05, 0.1) is 19.8 Å². The minimum Gasteiger partial charge on any atom is -0.393 e. The second-order valence-electron chi connectivity index (χ2n) is 5.00. The SMILES string of the molecule is COCc1ccccc1NC(=O)N1CCC(F)(CO)C1. The van der Waals surface area contributed by atoms with E-state index in [9.17, 15) is 9.18 Å². The van der Waals surface area contributed by atoms with Gasteiger partial charge >= 0.3 is 6.03 Å². The van der Waals surface area contributed by atoms with Gasteiger partial charge in [0, 0.05) is 31.3 Å². The first-order chi connectivity index (χ1) is 9.58. The fourth-order valence-electron chi connectivity index (χ4n) is 2.26. The van der Waals surface area contributed by atoms with E-state index in [2.05, 4.69) is 5.32 Å². The molecule has 110 valence electrons. The van der Waals surface area contributed by atoms with Crippen molar-refractivity contribution in [3.05, 3.63) is 29.8 Å². The number of likely N-dealkylation sites (tertiary alicyclic amines) is 1. The first-order valence-electron chi connectivity index (χ1n) is 6.50. The van der Waals surface area contributed by atoms with Crippen molar-refractivity contribution in [2.24, 2.45) is 0 Å². The lowest BCUT2D eigenvalue weighted by Crippen LogP contribution is -2.38. The smallest absolute Gasteiger partial charge is 0.321 e. The molecule has 2 amide bonds. The van der Waals surface area contributed by atoms with Gasteiger partial charge in [-0.2, -0.15) is 0 Å². The molecule has 1 aromatic rings. The molecule has 0 bridgehead atoms. The summed E-state index contributed by atoms with van der Waals surface area (Å²) in [6.07, 6.45) is 0.163. The Bertz CT molecular complexity index is 483. The summed E-state index contributed by atoms with van der Waals surface area (Å²) in [5, 5.41) is 11.7. The Morgan fingerprint density at radius 3 is 2.95 bits per heavy atom. The second kappa shape index (κ2) is 6.19. The summed E-state index contributed by atoms with van der Waals surface area (Å²) in [4.78, 5) is 13.5. The number of alkyl halides is 1. The van der Waals surface area contributed by atoms with Crippen molar-refractivity contribution in [2.45, 2.75) is 18.7 Å². The summed E-state index contributed by atoms with van der Waals surface area (Å²) < 4.78 is 19.0. The number of hydrogen-bond donors (Lipinski definition) is 2. The maximum Gasteiger partial charge on any atom is 0.321 e. The highest BCUT2D eigenvalue weighted by molar-refractivity contribution is 5.90. The van der Waals surface area contributed by atoms with Gasteiger partial charge in [-0.15, -0.1) is 0 Å². The molecular formula is C14H19FN2O3. The van der Waals surface area contributed by atoms with Gasteiger partial charge in [0.15, 0.2) is 5.67 Å². The number of methoxy groups -OCH3 is 1. The number of benzene rings is 1. The number of anilines is 1. The maximum absolute atomic E-state index is 13.9. The molecule has 2 rings (SSSR count). The van der Waals surface area contributed by atoms with E-state index in [0.29, 0.717) is 18.8 Å². The maximum atomic E-state index is 13.9. The van der Waals surface area contributed by atoms with Crippen LogP contribution in [0.25, 0.3) is 0 Å². The van der Waals surface area contributed by atoms with Crippen molar-refractivity contribution in [1.82, 2.24) is 4.90 Å². The van der Waals surface area contributed by atoms with Gasteiger partial charge in [0.1, 0.15) is 0 Å². The predicted octanol–water partition coefficient (Wildman–Crippen LogP) is 1.77. The number of amides is 2. The second-order valence-corrected chi connectivity index (χ2v) is 5.00. The number of nitrogens with zero attached hydrogens (tertiary/aromatic N) is 1. The van der Waals surface area contributed by atoms with E-state index in [0.717, 1.165) is 5.56 Å². The van der Waals surface area contributed by atoms with Gasteiger partial charge in [0.2, 0.25) is 0 Å². The quantitative estimate of drug-likeness (QED) is 0.884. The molecule has 1 atom stereocenters. The number of rotatable bonds is 4. The van der Waals surface area contributed by atoms with Crippen LogP contribution in [0.2, 0.25) is 0 Å². The van der Waals surface area contributed by atoms with E-state index < -0.39 is 12.3 Å². The summed E-state index contributed by atoms with van der Waals surface area (Å²) >= 11 is 0. The fourth-order valence-corrected chi connectivity index (χ4v) is 2.26. The van der Waals surface area contributed by atoms with E-state index in [4.69, 9.17) is 9.84 Å². The largest absolute Gasteiger partial charge is 0.393 e. The lowest BCUT2D eigenvalue weighted by Gasteiger charge is -2.20. The zero-order chi connectivity index (χ0) is 14.6. The number of ether oxygens (including phenoxy) is 1. The van der Waals surface area contributed by atoms with Crippen LogP contribution < -0.4 is 5.32 Å². The van der Waals surface area contributed by atoms with Crippen LogP contribution in [0, 0.1) is 0 Å². The Morgan fingerprint density at radius 2 is 2.30 bits per heavy atom. The number of carbonyl (C=O) groups excluding carboxylic acids is 1. The van der Waals surface area contributed by atoms with Crippen molar-refractivity contribution < 1.29 is 19.0 Å². The minimum atomic E-state index is -1.68. The molecule has 1 aromatic carbocycles. The standard InChI is InChI=1S/C14H19FN2O3/c1-20-8-11-4-2-3-5-12(11)16-13(19)17-7-6-14(15,9-17)10-18/h2-5,18H,6-10H2,1H3,(H,16,19). The summed E-state index contributed by atoms with van der Waals surface area (Å²) in [5.41, 5.74) is -0.167. The van der Waals surface area contributed by atoms with Gasteiger partial charge < -0.3 is 20.1 Å². The van der Waals surface area contributed by atoms with E-state index in [1.165, 1.54) is 4.90 Å². The average Bonchev–Trinajstić information content (AvgIpc) is 2.85. The topological polar surface area (TPSA) is 61.8 Å². The van der Waals surface area contributed by atoms with Gasteiger partial charge in [-0.05, 0) is 6.07 Å². The third-order valence-electron chi connectivity index (χ3n) is 3.43. The summed E-state index contributed by atoms with van der Waals surface area (Å²) in [7, 11) is 1.58. The highest BCUT2D eigenvalue weighted by Crippen LogP contribution is 2.26. The highest BCUT2D eigenvalue weighted by Gasteiger charge is 2.39. The summed E-state index contributed by atoms with van der Waals surface area (Å²) in [5.74, 6) is 0. The minimum absolute atomic E-state index is 0.0816. The van der Waals surface area contributed by atoms with Crippen molar-refractivity contribution in [3.63, 3.8) is 0 Å². The molecule has 0 spiro atoms. The molecule has 1 saturated heterocycles. The molecule has 1 fully saturated rings. The predicted molar refractivity (Wildman–Crippen MR) is 73.3 cm³/mol. The van der Waals surface area contributed by atoms with Crippen LogP contribution in [0.15, 0.2) is 24.3 Å². The van der Waals surface area contributed by atoms with Gasteiger partial charge in [-0.1, -0.05) is 18.2 Å². The van der Waals surface area contributed by atoms with E-state index in [1.807, 2.05) is 18.2 Å². The van der Waals surface area contributed by atoms with Crippen LogP contribution in [0.1, 0.15) is 12.0 Å². The van der Waals surface area contributed by atoms with Gasteiger partial charge in [0.25, 0.3) is 0 Å². The number of aliphatic hydroxyl groups excluding tert-OH is 1. The number of urea groups is 1. The Labute approximate surface area is 117 Å². The molecule has 0 aromatic heterocycles. The molecular weight excluding hydrogens is 263 g/mol. The van der Waals surface area contributed by atoms with Crippen LogP contribution >= 0.6 is 0 Å². The van der Waals surface area contributed by atoms with Crippen LogP contribution in [0.4, 0.5) is 14.9 Å². The first-order valence-corrected chi connectivity index (χ1v) is 6.50. The zero-order valence-electron chi connectivity index (χ0n) is 11.4. The Hall–Kier alpha value is -1.66. The number of nitrogens with one attached hydrogen (secondary N) is 1. The summed E-state index contributed by atoms with van der Waals surface area (Å²) in [6.45, 7) is 0.0499. The Balaban J connectivity index is 2.02. The van der Waals surface area contributed by atoms with Gasteiger partial charge in [-0.3, -0.25) is 0 Å². The molecule has 1 unspecified atom stereocenters. The molecule has 0 radical (unpaired) electrons. The van der Waals surface area contributed by atoms with Crippen LogP contribution in [-0.4, -0.2) is 48.5 Å². The number of hydrogen-bond acceptors (Lipinski definition) is 3. The molecule has 1 aliphatic rings. The number of para-hydroxylation sites is 1. The van der Waals surface area contributed by atoms with Crippen LogP contribution in [0.5, 0.6) is 0 Å². The van der Waals surface area contributed by atoms with E-state index in [1.54, 1.807) is 13.2 Å². The van der Waals surface area contributed by atoms with Crippen molar-refractivity contribution in [1.29, 1.82) is 0 Å². The summed E-state index contributed by atoms with van der Waals surface area (Å²) in [6, 6.07) is 6.94. The lowest BCUT2D eigenvalue weighted by atomic mass is 10.1. The van der Waals surface area contributed by atoms with E-state index >= 15 is 0 Å². The molecule has 6 heteroatoms. The molecule has 2 N–H and O–H groups in total. The monoisotopic (exact) mass is 282 g/mol. The first kappa shape index (κ1) is 14.7. The van der Waals surface area contributed by atoms with Crippen molar-refractivity contribution in [2.75, 3.05) is 32.1 Å². The number of halogens is 1. The zero-order valence-corrected chi connectivity index (χ0v) is 11.4. The molecule has 1 aliphatic heterocycles. The molecule has 1 heterocycles. The average molecular weight is 282 g/mol. The van der Waals surface area contributed by atoms with Crippen LogP contribution in [-0.2, 0) is 11.3 Å². The highest BCUT2D eigenvalue weighted by atomic mass is 19.1. The molecule has 20 heavy (non-hydrogen) atoms. The Kier molecular flexibility index (Phi) is 4.57. The Morgan fingerprint density at radius 1 is 1.55 bits per heavy atom.